The molecular weight excluding hydrogens is 374 g/mol. The quantitative estimate of drug-likeness (QED) is 0.788. The highest BCUT2D eigenvalue weighted by Crippen LogP contribution is 2.50. The molecule has 1 amide bonds. The van der Waals surface area contributed by atoms with Crippen molar-refractivity contribution >= 4 is 27.3 Å². The zero-order valence-electron chi connectivity index (χ0n) is 14.3. The van der Waals surface area contributed by atoms with E-state index >= 15 is 0 Å². The van der Waals surface area contributed by atoms with Gasteiger partial charge in [0.25, 0.3) is 0 Å². The van der Waals surface area contributed by atoms with Crippen LogP contribution in [0.1, 0.15) is 24.8 Å². The minimum absolute atomic E-state index is 0.144. The number of likely N-dealkylation sites (tertiary alicyclic amines) is 1. The second-order valence-electron chi connectivity index (χ2n) is 6.95. The van der Waals surface area contributed by atoms with Crippen molar-refractivity contribution in [2.45, 2.75) is 35.1 Å². The first kappa shape index (κ1) is 17.4. The first-order chi connectivity index (χ1) is 12.2. The lowest BCUT2D eigenvalue weighted by Crippen LogP contribution is -2.64. The Morgan fingerprint density at radius 2 is 1.88 bits per heavy atom. The Balaban J connectivity index is 1.92. The van der Waals surface area contributed by atoms with Gasteiger partial charge in [-0.25, -0.2) is 8.42 Å². The summed E-state index contributed by atoms with van der Waals surface area (Å²) in [5, 5.41) is -0.720. The van der Waals surface area contributed by atoms with Gasteiger partial charge in [0.05, 0.1) is 4.90 Å². The van der Waals surface area contributed by atoms with E-state index < -0.39 is 32.6 Å². The predicted octanol–water partition coefficient (Wildman–Crippen LogP) is 3.24. The van der Waals surface area contributed by atoms with Crippen LogP contribution in [0.4, 0.5) is 0 Å². The number of piperidine rings is 1. The van der Waals surface area contributed by atoms with Crippen LogP contribution < -0.4 is 4.74 Å². The van der Waals surface area contributed by atoms with Gasteiger partial charge in [0.2, 0.25) is 5.91 Å². The van der Waals surface area contributed by atoms with Crippen LogP contribution in [-0.2, 0) is 14.6 Å². The van der Waals surface area contributed by atoms with E-state index in [-0.39, 0.29) is 4.90 Å². The van der Waals surface area contributed by atoms with E-state index in [2.05, 4.69) is 0 Å². The van der Waals surface area contributed by atoms with Crippen molar-refractivity contribution in [3.05, 3.63) is 59.1 Å². The van der Waals surface area contributed by atoms with Gasteiger partial charge < -0.3 is 9.64 Å². The van der Waals surface area contributed by atoms with Gasteiger partial charge in [0.15, 0.2) is 20.8 Å². The molecule has 0 saturated carbocycles. The summed E-state index contributed by atoms with van der Waals surface area (Å²) < 4.78 is 32.7. The Hall–Kier alpha value is -2.05. The van der Waals surface area contributed by atoms with Crippen molar-refractivity contribution in [3.63, 3.8) is 0 Å². The highest BCUT2D eigenvalue weighted by molar-refractivity contribution is 7.92. The summed E-state index contributed by atoms with van der Waals surface area (Å²) in [6.07, 6.45) is 0.388. The molecule has 2 bridgehead atoms. The van der Waals surface area contributed by atoms with E-state index in [1.54, 1.807) is 50.4 Å². The van der Waals surface area contributed by atoms with Gasteiger partial charge in [-0.1, -0.05) is 29.8 Å². The Morgan fingerprint density at radius 1 is 1.19 bits per heavy atom. The number of nitrogens with zero attached hydrogens (tertiary/aromatic N) is 1. The van der Waals surface area contributed by atoms with E-state index in [0.29, 0.717) is 22.8 Å². The van der Waals surface area contributed by atoms with Crippen LogP contribution in [0.3, 0.4) is 0 Å². The van der Waals surface area contributed by atoms with Gasteiger partial charge in [-0.2, -0.15) is 0 Å². The fraction of sp³-hybridized carbons (Fsp3) is 0.316. The monoisotopic (exact) mass is 391 g/mol. The van der Waals surface area contributed by atoms with Crippen LogP contribution in [0.15, 0.2) is 53.4 Å². The highest BCUT2D eigenvalue weighted by atomic mass is 35.5. The van der Waals surface area contributed by atoms with Crippen LogP contribution in [0.2, 0.25) is 5.02 Å². The van der Waals surface area contributed by atoms with Gasteiger partial charge in [-0.05, 0) is 37.3 Å². The normalized spacial score (nSPS) is 27.7. The molecule has 136 valence electrons. The Bertz CT molecular complexity index is 992. The standard InChI is InChI=1S/C19H18ClNO4S/c1-19-11-15(14-10-12(20)8-9-16(14)25-19)17(18(22)21(19)2)26(23,24)13-6-4-3-5-7-13/h3-10,15,17H,11H2,1-2H3/t15-,17+,19+/m0/s1. The van der Waals surface area contributed by atoms with Gasteiger partial charge in [0.1, 0.15) is 5.75 Å². The smallest absolute Gasteiger partial charge is 0.244 e. The number of benzene rings is 2. The van der Waals surface area contributed by atoms with Crippen molar-refractivity contribution in [3.8, 4) is 5.75 Å². The predicted molar refractivity (Wildman–Crippen MR) is 98.0 cm³/mol. The van der Waals surface area contributed by atoms with E-state index in [4.69, 9.17) is 16.3 Å². The lowest BCUT2D eigenvalue weighted by atomic mass is 9.80. The number of fused-ring (bicyclic) bond motifs is 4. The van der Waals surface area contributed by atoms with Crippen LogP contribution >= 0.6 is 11.6 Å². The van der Waals surface area contributed by atoms with Crippen molar-refractivity contribution in [2.24, 2.45) is 0 Å². The van der Waals surface area contributed by atoms with E-state index in [9.17, 15) is 13.2 Å². The number of halogens is 1. The maximum Gasteiger partial charge on any atom is 0.244 e. The van der Waals surface area contributed by atoms with Crippen LogP contribution in [0.25, 0.3) is 0 Å². The van der Waals surface area contributed by atoms with Crippen molar-refractivity contribution in [1.29, 1.82) is 0 Å². The number of sulfone groups is 1. The number of ether oxygens (including phenoxy) is 1. The molecular formula is C19H18ClNO4S. The SMILES string of the molecule is CN1C(=O)[C@H](S(=O)(=O)c2ccccc2)[C@H]2C[C@@]1(C)Oc1ccc(Cl)cc12. The Labute approximate surface area is 157 Å². The highest BCUT2D eigenvalue weighted by Gasteiger charge is 2.57. The molecule has 0 unspecified atom stereocenters. The molecule has 4 rings (SSSR count). The van der Waals surface area contributed by atoms with E-state index in [0.717, 1.165) is 0 Å². The van der Waals surface area contributed by atoms with Crippen molar-refractivity contribution in [1.82, 2.24) is 4.90 Å². The first-order valence-electron chi connectivity index (χ1n) is 8.29. The third kappa shape index (κ3) is 2.43. The van der Waals surface area contributed by atoms with Gasteiger partial charge in [0, 0.05) is 30.0 Å². The molecule has 0 radical (unpaired) electrons. The molecule has 1 fully saturated rings. The Kier molecular flexibility index (Phi) is 3.82. The number of hydrogen-bond acceptors (Lipinski definition) is 4. The number of carbonyl (C=O) groups excluding carboxylic acids is 1. The van der Waals surface area contributed by atoms with Crippen LogP contribution in [0.5, 0.6) is 5.75 Å². The summed E-state index contributed by atoms with van der Waals surface area (Å²) >= 11 is 6.13. The molecule has 0 spiro atoms. The lowest BCUT2D eigenvalue weighted by molar-refractivity contribution is -0.159. The second-order valence-corrected chi connectivity index (χ2v) is 9.45. The molecule has 1 saturated heterocycles. The minimum atomic E-state index is -3.87. The molecule has 0 aromatic heterocycles. The maximum atomic E-state index is 13.3. The van der Waals surface area contributed by atoms with E-state index in [1.165, 1.54) is 17.0 Å². The minimum Gasteiger partial charge on any atom is -0.468 e. The zero-order chi connectivity index (χ0) is 18.7. The molecule has 2 aliphatic rings. The summed E-state index contributed by atoms with van der Waals surface area (Å²) in [5.74, 6) is -0.407. The summed E-state index contributed by atoms with van der Waals surface area (Å²) in [6, 6.07) is 13.2. The summed E-state index contributed by atoms with van der Waals surface area (Å²) in [7, 11) is -2.28. The molecule has 2 heterocycles. The van der Waals surface area contributed by atoms with Gasteiger partial charge in [-0.15, -0.1) is 0 Å². The summed E-state index contributed by atoms with van der Waals surface area (Å²) in [4.78, 5) is 14.6. The molecule has 7 heteroatoms. The number of amides is 1. The molecule has 3 atom stereocenters. The van der Waals surface area contributed by atoms with Crippen molar-refractivity contribution in [2.75, 3.05) is 7.05 Å². The van der Waals surface area contributed by atoms with Gasteiger partial charge >= 0.3 is 0 Å². The lowest BCUT2D eigenvalue weighted by Gasteiger charge is -2.51. The third-order valence-electron chi connectivity index (χ3n) is 5.35. The number of rotatable bonds is 2. The fourth-order valence-corrected chi connectivity index (χ4v) is 5.99. The summed E-state index contributed by atoms with van der Waals surface area (Å²) in [5.41, 5.74) is -0.216. The zero-order valence-corrected chi connectivity index (χ0v) is 15.9. The molecule has 2 aromatic rings. The number of hydrogen-bond donors (Lipinski definition) is 0. The van der Waals surface area contributed by atoms with Crippen LogP contribution in [-0.4, -0.2) is 37.2 Å². The van der Waals surface area contributed by atoms with E-state index in [1.807, 2.05) is 0 Å². The topological polar surface area (TPSA) is 63.7 Å². The fourth-order valence-electron chi connectivity index (χ4n) is 3.88. The Morgan fingerprint density at radius 3 is 2.58 bits per heavy atom. The molecule has 5 nitrogen and oxygen atoms in total. The average molecular weight is 392 g/mol. The molecule has 0 N–H and O–H groups in total. The largest absolute Gasteiger partial charge is 0.468 e. The first-order valence-corrected chi connectivity index (χ1v) is 10.2. The van der Waals surface area contributed by atoms with Crippen molar-refractivity contribution < 1.29 is 17.9 Å². The van der Waals surface area contributed by atoms with Gasteiger partial charge in [-0.3, -0.25) is 4.79 Å². The third-order valence-corrected chi connectivity index (χ3v) is 7.72. The number of carbonyl (C=O) groups is 1. The molecule has 26 heavy (non-hydrogen) atoms. The average Bonchev–Trinajstić information content (AvgIpc) is 2.61. The molecule has 2 aromatic carbocycles. The summed E-state index contributed by atoms with van der Waals surface area (Å²) in [6.45, 7) is 1.81. The maximum absolute atomic E-state index is 13.3. The van der Waals surface area contributed by atoms with Crippen LogP contribution in [0, 0.1) is 0 Å². The molecule has 2 aliphatic heterocycles. The molecule has 0 aliphatic carbocycles. The second kappa shape index (κ2) is 5.72.